The van der Waals surface area contributed by atoms with E-state index < -0.39 is 0 Å². The van der Waals surface area contributed by atoms with Crippen molar-refractivity contribution in [3.8, 4) is 5.69 Å². The van der Waals surface area contributed by atoms with E-state index >= 15 is 0 Å². The summed E-state index contributed by atoms with van der Waals surface area (Å²) in [5, 5.41) is 10.7. The van der Waals surface area contributed by atoms with Gasteiger partial charge in [-0.25, -0.2) is 9.98 Å². The lowest BCUT2D eigenvalue weighted by molar-refractivity contribution is 0.673. The fourth-order valence-electron chi connectivity index (χ4n) is 7.82. The van der Waals surface area contributed by atoms with Crippen LogP contribution >= 0.6 is 11.3 Å². The summed E-state index contributed by atoms with van der Waals surface area (Å²) in [6.45, 7) is 0. The van der Waals surface area contributed by atoms with Crippen LogP contribution in [0.2, 0.25) is 0 Å². The van der Waals surface area contributed by atoms with Gasteiger partial charge in [-0.3, -0.25) is 0 Å². The molecule has 1 atom stereocenters. The molecule has 5 nitrogen and oxygen atoms in total. The smallest absolute Gasteiger partial charge is 0.159 e. The van der Waals surface area contributed by atoms with Gasteiger partial charge in [-0.05, 0) is 36.4 Å². The molecule has 1 aliphatic heterocycles. The molecule has 1 unspecified atom stereocenters. The zero-order chi connectivity index (χ0) is 33.5. The van der Waals surface area contributed by atoms with Gasteiger partial charge >= 0.3 is 0 Å². The Kier molecular flexibility index (Phi) is 6.12. The number of aliphatic imine (C=N–C) groups is 2. The molecular weight excluding hydrogens is 645 g/mol. The van der Waals surface area contributed by atoms with Gasteiger partial charge in [0.25, 0.3) is 0 Å². The normalized spacial score (nSPS) is 14.9. The number of aromatic nitrogens is 1. The van der Waals surface area contributed by atoms with Crippen molar-refractivity contribution in [1.29, 1.82) is 0 Å². The maximum atomic E-state index is 6.86. The number of nitrogens with zero attached hydrogens (tertiary/aromatic N) is 3. The summed E-state index contributed by atoms with van der Waals surface area (Å²) in [5.41, 5.74) is 8.40. The average molecular weight is 673 g/mol. The molecule has 7 aromatic carbocycles. The first-order chi connectivity index (χ1) is 25.3. The number of hydrogen-bond donors (Lipinski definition) is 1. The highest BCUT2D eigenvalue weighted by atomic mass is 32.1. The van der Waals surface area contributed by atoms with Gasteiger partial charge in [0.1, 0.15) is 23.2 Å². The molecule has 0 amide bonds. The van der Waals surface area contributed by atoms with Gasteiger partial charge in [-0.1, -0.05) is 121 Å². The minimum atomic E-state index is -0.322. The molecule has 10 aromatic rings. The van der Waals surface area contributed by atoms with Crippen LogP contribution in [0.25, 0.3) is 69.6 Å². The molecule has 0 saturated carbocycles. The van der Waals surface area contributed by atoms with Crippen LogP contribution in [0.3, 0.4) is 0 Å². The van der Waals surface area contributed by atoms with E-state index in [2.05, 4.69) is 131 Å². The molecule has 0 radical (unpaired) electrons. The predicted molar refractivity (Wildman–Crippen MR) is 213 cm³/mol. The third-order valence-electron chi connectivity index (χ3n) is 10.1. The Labute approximate surface area is 296 Å². The van der Waals surface area contributed by atoms with Crippen molar-refractivity contribution in [3.63, 3.8) is 0 Å². The molecule has 0 fully saturated rings. The van der Waals surface area contributed by atoms with Crippen LogP contribution in [0.5, 0.6) is 0 Å². The van der Waals surface area contributed by atoms with Gasteiger partial charge in [-0.2, -0.15) is 0 Å². The molecule has 0 bridgehead atoms. The first-order valence-electron chi connectivity index (χ1n) is 17.1. The molecule has 4 heterocycles. The molecule has 240 valence electrons. The first kappa shape index (κ1) is 28.3. The number of nitrogens with one attached hydrogen (secondary N) is 1. The van der Waals surface area contributed by atoms with Gasteiger partial charge in [0.2, 0.25) is 0 Å². The number of thiophene rings is 1. The van der Waals surface area contributed by atoms with Gasteiger partial charge < -0.3 is 14.3 Å². The molecule has 1 N–H and O–H groups in total. The average Bonchev–Trinajstić information content (AvgIpc) is 3.88. The summed E-state index contributed by atoms with van der Waals surface area (Å²) in [6, 6.07) is 55.3. The van der Waals surface area contributed by atoms with Crippen LogP contribution < -0.4 is 5.32 Å². The molecule has 11 rings (SSSR count). The third-order valence-corrected chi connectivity index (χ3v) is 11.3. The number of fused-ring (bicyclic) bond motifs is 10. The highest BCUT2D eigenvalue weighted by molar-refractivity contribution is 7.26. The van der Waals surface area contributed by atoms with Gasteiger partial charge in [0.05, 0.1) is 22.1 Å². The van der Waals surface area contributed by atoms with E-state index in [9.17, 15) is 0 Å². The molecule has 51 heavy (non-hydrogen) atoms. The topological polar surface area (TPSA) is 54.8 Å². The highest BCUT2D eigenvalue weighted by Crippen LogP contribution is 2.46. The summed E-state index contributed by atoms with van der Waals surface area (Å²) in [4.78, 5) is 10.2. The number of amidine groups is 2. The van der Waals surface area contributed by atoms with Crippen LogP contribution in [0.15, 0.2) is 172 Å². The van der Waals surface area contributed by atoms with E-state index in [1.165, 1.54) is 31.2 Å². The maximum Gasteiger partial charge on any atom is 0.159 e. The van der Waals surface area contributed by atoms with Crippen molar-refractivity contribution < 1.29 is 4.42 Å². The van der Waals surface area contributed by atoms with E-state index in [1.807, 2.05) is 36.4 Å². The summed E-state index contributed by atoms with van der Waals surface area (Å²) >= 11 is 1.79. The fraction of sp³-hybridized carbons (Fsp3) is 0.0222. The standard InChI is InChI=1S/C45H28N4OS/c1-3-13-27(14-4-1)43-46-44(28-15-5-2-6-16-28)48-45(47-43)33-20-11-19-32-40-38(51-42(32)33)26-25-31-39-36(23-12-24-37(39)50-41(31)40)49-34-21-9-7-17-29(34)30-18-8-10-22-35(30)49/h1-26,45H,(H,46,47,48). The van der Waals surface area contributed by atoms with Crippen molar-refractivity contribution in [1.82, 2.24) is 9.88 Å². The second kappa shape index (κ2) is 11.0. The van der Waals surface area contributed by atoms with Crippen molar-refractivity contribution in [2.45, 2.75) is 6.17 Å². The number of benzene rings is 7. The minimum Gasteiger partial charge on any atom is -0.455 e. The lowest BCUT2D eigenvalue weighted by Gasteiger charge is -2.24. The zero-order valence-corrected chi connectivity index (χ0v) is 28.1. The molecule has 3 aromatic heterocycles. The molecule has 0 saturated heterocycles. The Hall–Kier alpha value is -6.50. The maximum absolute atomic E-state index is 6.86. The Balaban J connectivity index is 1.13. The van der Waals surface area contributed by atoms with Crippen LogP contribution in [-0.4, -0.2) is 16.2 Å². The first-order valence-corrected chi connectivity index (χ1v) is 17.9. The van der Waals surface area contributed by atoms with Crippen LogP contribution in [-0.2, 0) is 0 Å². The predicted octanol–water partition coefficient (Wildman–Crippen LogP) is 11.5. The molecule has 0 spiro atoms. The monoisotopic (exact) mass is 672 g/mol. The quantitative estimate of drug-likeness (QED) is 0.202. The van der Waals surface area contributed by atoms with Crippen molar-refractivity contribution >= 4 is 86.9 Å². The number of furan rings is 1. The van der Waals surface area contributed by atoms with Crippen LogP contribution in [0, 0.1) is 0 Å². The molecular formula is C45H28N4OS. The lowest BCUT2D eigenvalue weighted by atomic mass is 10.0. The van der Waals surface area contributed by atoms with Gasteiger partial charge in [-0.15, -0.1) is 11.3 Å². The van der Waals surface area contributed by atoms with E-state index in [-0.39, 0.29) is 6.17 Å². The van der Waals surface area contributed by atoms with E-state index in [0.29, 0.717) is 5.84 Å². The Bertz CT molecular complexity index is 3010. The Morgan fingerprint density at radius 3 is 2.00 bits per heavy atom. The van der Waals surface area contributed by atoms with Crippen molar-refractivity contribution in [2.24, 2.45) is 9.98 Å². The Morgan fingerprint density at radius 1 is 0.569 bits per heavy atom. The molecule has 1 aliphatic rings. The minimum absolute atomic E-state index is 0.322. The molecule has 6 heteroatoms. The van der Waals surface area contributed by atoms with Crippen molar-refractivity contribution in [2.75, 3.05) is 0 Å². The largest absolute Gasteiger partial charge is 0.455 e. The molecule has 0 aliphatic carbocycles. The van der Waals surface area contributed by atoms with Gasteiger partial charge in [0.15, 0.2) is 5.84 Å². The lowest BCUT2D eigenvalue weighted by Crippen LogP contribution is -2.33. The van der Waals surface area contributed by atoms with Crippen LogP contribution in [0.4, 0.5) is 0 Å². The van der Waals surface area contributed by atoms with E-state index in [4.69, 9.17) is 14.4 Å². The number of rotatable bonds is 4. The summed E-state index contributed by atoms with van der Waals surface area (Å²) in [7, 11) is 0. The van der Waals surface area contributed by atoms with Gasteiger partial charge in [0, 0.05) is 53.0 Å². The number of para-hydroxylation sites is 2. The number of hydrogen-bond acceptors (Lipinski definition) is 5. The third kappa shape index (κ3) is 4.27. The van der Waals surface area contributed by atoms with Crippen molar-refractivity contribution in [3.05, 3.63) is 174 Å². The highest BCUT2D eigenvalue weighted by Gasteiger charge is 2.25. The van der Waals surface area contributed by atoms with E-state index in [1.54, 1.807) is 11.3 Å². The van der Waals surface area contributed by atoms with Crippen LogP contribution in [0.1, 0.15) is 22.9 Å². The SMILES string of the molecule is c1ccc(C2=NC(c3cccc4c3sc3ccc5c(oc6cccc(-n7c8ccccc8c8ccccc87)c65)c34)NC(c3ccccc3)=N2)cc1. The summed E-state index contributed by atoms with van der Waals surface area (Å²) < 4.78 is 11.6. The summed E-state index contributed by atoms with van der Waals surface area (Å²) in [5.74, 6) is 1.53. The Morgan fingerprint density at radius 2 is 1.24 bits per heavy atom. The fourth-order valence-corrected chi connectivity index (χ4v) is 9.06. The van der Waals surface area contributed by atoms with E-state index in [0.717, 1.165) is 60.9 Å². The summed E-state index contributed by atoms with van der Waals surface area (Å²) in [6.07, 6.45) is -0.322. The zero-order valence-electron chi connectivity index (χ0n) is 27.2. The second-order valence-corrected chi connectivity index (χ2v) is 14.0. The second-order valence-electron chi connectivity index (χ2n) is 13.0.